The van der Waals surface area contributed by atoms with Crippen molar-refractivity contribution in [3.05, 3.63) is 81.4 Å². The molecule has 3 rings (SSSR count). The van der Waals surface area contributed by atoms with Crippen molar-refractivity contribution in [3.8, 4) is 11.1 Å². The zero-order valence-electron chi connectivity index (χ0n) is 17.0. The molecule has 0 nitrogen and oxygen atoms in total. The van der Waals surface area contributed by atoms with Gasteiger partial charge in [0.15, 0.2) is 0 Å². The molecule has 0 N–H and O–H groups in total. The monoisotopic (exact) mass is 412 g/mol. The highest BCUT2D eigenvalue weighted by atomic mass is 35.5. The van der Waals surface area contributed by atoms with Crippen LogP contribution in [0.15, 0.2) is 60.2 Å². The molecule has 0 saturated heterocycles. The first-order valence-electron chi connectivity index (χ1n) is 10.5. The molecule has 1 aliphatic carbocycles. The van der Waals surface area contributed by atoms with Crippen LogP contribution in [0.5, 0.6) is 0 Å². The standard InChI is InChI=1S/C26H30Cl2/c1-3-4-5-6-7-8-11-21-17-26(28)24(18-25(21)27)23-13-10-9-12-22(23)20-15-14-19(2)16-20/h9-10,12-18,20H,3-8,11H2,1-2H3. The minimum Gasteiger partial charge on any atom is -0.0840 e. The largest absolute Gasteiger partial charge is 0.0840 e. The second-order valence-electron chi connectivity index (χ2n) is 7.82. The molecule has 0 heterocycles. The minimum absolute atomic E-state index is 0.300. The van der Waals surface area contributed by atoms with Gasteiger partial charge in [-0.3, -0.25) is 0 Å². The molecule has 0 bridgehead atoms. The zero-order valence-corrected chi connectivity index (χ0v) is 18.5. The van der Waals surface area contributed by atoms with Gasteiger partial charge in [-0.05, 0) is 48.6 Å². The van der Waals surface area contributed by atoms with Gasteiger partial charge in [0.2, 0.25) is 0 Å². The number of rotatable bonds is 9. The van der Waals surface area contributed by atoms with Crippen LogP contribution >= 0.6 is 23.2 Å². The smallest absolute Gasteiger partial charge is 0.0488 e. The Hall–Kier alpha value is -1.50. The summed E-state index contributed by atoms with van der Waals surface area (Å²) in [6.45, 7) is 4.39. The molecule has 0 spiro atoms. The second-order valence-corrected chi connectivity index (χ2v) is 8.64. The molecule has 0 saturated carbocycles. The van der Waals surface area contributed by atoms with Crippen molar-refractivity contribution in [2.24, 2.45) is 0 Å². The molecule has 0 fully saturated rings. The van der Waals surface area contributed by atoms with Gasteiger partial charge < -0.3 is 0 Å². The average Bonchev–Trinajstić information content (AvgIpc) is 3.13. The highest BCUT2D eigenvalue weighted by Gasteiger charge is 2.17. The molecule has 28 heavy (non-hydrogen) atoms. The molecule has 1 aliphatic rings. The molecular weight excluding hydrogens is 383 g/mol. The van der Waals surface area contributed by atoms with Crippen LogP contribution in [-0.2, 0) is 6.42 Å². The normalized spacial score (nSPS) is 15.9. The fourth-order valence-electron chi connectivity index (χ4n) is 3.96. The molecule has 0 amide bonds. The maximum absolute atomic E-state index is 6.73. The lowest BCUT2D eigenvalue weighted by Crippen LogP contribution is -1.96. The first kappa shape index (κ1) is 21.2. The van der Waals surface area contributed by atoms with Gasteiger partial charge in [0.25, 0.3) is 0 Å². The molecule has 0 aromatic heterocycles. The lowest BCUT2D eigenvalue weighted by Gasteiger charge is -2.16. The van der Waals surface area contributed by atoms with E-state index in [2.05, 4.69) is 68.5 Å². The highest BCUT2D eigenvalue weighted by molar-refractivity contribution is 6.36. The van der Waals surface area contributed by atoms with Gasteiger partial charge in [0, 0.05) is 21.5 Å². The molecule has 1 atom stereocenters. The Kier molecular flexibility index (Phi) is 7.82. The van der Waals surface area contributed by atoms with Crippen molar-refractivity contribution in [3.63, 3.8) is 0 Å². The average molecular weight is 413 g/mol. The van der Waals surface area contributed by atoms with E-state index in [4.69, 9.17) is 23.2 Å². The van der Waals surface area contributed by atoms with Crippen molar-refractivity contribution in [1.29, 1.82) is 0 Å². The summed E-state index contributed by atoms with van der Waals surface area (Å²) in [5.74, 6) is 0.300. The fraction of sp³-hybridized carbons (Fsp3) is 0.385. The van der Waals surface area contributed by atoms with Crippen molar-refractivity contribution >= 4 is 23.2 Å². The third-order valence-electron chi connectivity index (χ3n) is 5.55. The molecule has 2 heteroatoms. The molecule has 148 valence electrons. The summed E-state index contributed by atoms with van der Waals surface area (Å²) in [4.78, 5) is 0. The van der Waals surface area contributed by atoms with Crippen molar-refractivity contribution in [2.75, 3.05) is 0 Å². The van der Waals surface area contributed by atoms with Crippen molar-refractivity contribution in [1.82, 2.24) is 0 Å². The summed E-state index contributed by atoms with van der Waals surface area (Å²) in [7, 11) is 0. The van der Waals surface area contributed by atoms with Crippen LogP contribution < -0.4 is 0 Å². The Morgan fingerprint density at radius 1 is 0.857 bits per heavy atom. The molecular formula is C26H30Cl2. The van der Waals surface area contributed by atoms with E-state index in [1.165, 1.54) is 60.8 Å². The van der Waals surface area contributed by atoms with E-state index in [-0.39, 0.29) is 0 Å². The van der Waals surface area contributed by atoms with E-state index in [0.29, 0.717) is 5.92 Å². The van der Waals surface area contributed by atoms with E-state index in [9.17, 15) is 0 Å². The Balaban J connectivity index is 1.78. The van der Waals surface area contributed by atoms with E-state index in [1.807, 2.05) is 0 Å². The summed E-state index contributed by atoms with van der Waals surface area (Å²) in [6, 6.07) is 12.6. The number of allylic oxidation sites excluding steroid dienone is 4. The molecule has 2 aromatic rings. The number of aryl methyl sites for hydroxylation is 1. The number of unbranched alkanes of at least 4 members (excludes halogenated alkanes) is 5. The summed E-state index contributed by atoms with van der Waals surface area (Å²) < 4.78 is 0. The predicted octanol–water partition coefficient (Wildman–Crippen LogP) is 9.16. The van der Waals surface area contributed by atoms with E-state index < -0.39 is 0 Å². The van der Waals surface area contributed by atoms with Gasteiger partial charge in [-0.2, -0.15) is 0 Å². The number of benzene rings is 2. The lowest BCUT2D eigenvalue weighted by molar-refractivity contribution is 0.607. The van der Waals surface area contributed by atoms with Crippen LogP contribution in [0.2, 0.25) is 10.0 Å². The Morgan fingerprint density at radius 2 is 1.61 bits per heavy atom. The second kappa shape index (κ2) is 10.3. The number of halogens is 2. The maximum Gasteiger partial charge on any atom is 0.0488 e. The van der Waals surface area contributed by atoms with E-state index >= 15 is 0 Å². The predicted molar refractivity (Wildman–Crippen MR) is 125 cm³/mol. The van der Waals surface area contributed by atoms with E-state index in [0.717, 1.165) is 22.0 Å². The quantitative estimate of drug-likeness (QED) is 0.360. The van der Waals surface area contributed by atoms with Crippen LogP contribution in [0.25, 0.3) is 11.1 Å². The Bertz CT molecular complexity index is 861. The Morgan fingerprint density at radius 3 is 2.36 bits per heavy atom. The maximum atomic E-state index is 6.73. The number of hydrogen-bond acceptors (Lipinski definition) is 0. The van der Waals surface area contributed by atoms with Crippen molar-refractivity contribution < 1.29 is 0 Å². The highest BCUT2D eigenvalue weighted by Crippen LogP contribution is 2.39. The van der Waals surface area contributed by atoms with Gasteiger partial charge in [0.1, 0.15) is 0 Å². The van der Waals surface area contributed by atoms with Gasteiger partial charge in [-0.1, -0.05) is 110 Å². The molecule has 2 aromatic carbocycles. The summed E-state index contributed by atoms with van der Waals surface area (Å²) in [5, 5.41) is 1.62. The SMILES string of the molecule is CCCCCCCCc1cc(Cl)c(-c2ccccc2C2C=CC(C)=C2)cc1Cl. The van der Waals surface area contributed by atoms with Gasteiger partial charge in [-0.25, -0.2) is 0 Å². The number of hydrogen-bond donors (Lipinski definition) is 0. The minimum atomic E-state index is 0.300. The fourth-order valence-corrected chi connectivity index (χ4v) is 4.50. The summed E-state index contributed by atoms with van der Waals surface area (Å²) in [6.07, 6.45) is 15.4. The van der Waals surface area contributed by atoms with Crippen molar-refractivity contribution in [2.45, 2.75) is 64.7 Å². The van der Waals surface area contributed by atoms with Crippen LogP contribution in [0.4, 0.5) is 0 Å². The molecule has 0 radical (unpaired) electrons. The molecule has 1 unspecified atom stereocenters. The zero-order chi connectivity index (χ0) is 19.9. The van der Waals surface area contributed by atoms with Crippen LogP contribution in [0.1, 0.15) is 69.4 Å². The Labute approximate surface area is 180 Å². The first-order chi connectivity index (χ1) is 13.6. The topological polar surface area (TPSA) is 0 Å². The summed E-state index contributed by atoms with van der Waals surface area (Å²) in [5.41, 5.74) is 5.94. The first-order valence-corrected chi connectivity index (χ1v) is 11.3. The third kappa shape index (κ3) is 5.31. The third-order valence-corrected chi connectivity index (χ3v) is 6.22. The van der Waals surface area contributed by atoms with Crippen LogP contribution in [0.3, 0.4) is 0 Å². The lowest BCUT2D eigenvalue weighted by atomic mass is 9.90. The van der Waals surface area contributed by atoms with Gasteiger partial charge in [0.05, 0.1) is 0 Å². The van der Waals surface area contributed by atoms with Crippen LogP contribution in [0, 0.1) is 0 Å². The van der Waals surface area contributed by atoms with Gasteiger partial charge >= 0.3 is 0 Å². The van der Waals surface area contributed by atoms with E-state index in [1.54, 1.807) is 0 Å². The summed E-state index contributed by atoms with van der Waals surface area (Å²) >= 11 is 13.4. The van der Waals surface area contributed by atoms with Gasteiger partial charge in [-0.15, -0.1) is 0 Å². The van der Waals surface area contributed by atoms with Crippen LogP contribution in [-0.4, -0.2) is 0 Å². The molecule has 0 aliphatic heterocycles.